The molecule has 13 heavy (non-hydrogen) atoms. The molecule has 2 heterocycles. The molecule has 0 unspecified atom stereocenters. The number of pyridine rings is 1. The number of rotatable bonds is 1. The zero-order valence-electron chi connectivity index (χ0n) is 7.28. The summed E-state index contributed by atoms with van der Waals surface area (Å²) in [5.74, 6) is 0.0846. The smallest absolute Gasteiger partial charge is 0.122 e. The van der Waals surface area contributed by atoms with Crippen molar-refractivity contribution in [3.05, 3.63) is 35.7 Å². The number of aryl methyl sites for hydroxylation is 1. The number of amidine groups is 1. The first-order chi connectivity index (χ1) is 6.16. The van der Waals surface area contributed by atoms with Crippen molar-refractivity contribution in [2.45, 2.75) is 6.92 Å². The largest absolute Gasteiger partial charge is 0.384 e. The summed E-state index contributed by atoms with van der Waals surface area (Å²) >= 11 is 0. The minimum absolute atomic E-state index is 0.0846. The number of nitrogens with one attached hydrogen (secondary N) is 1. The third-order valence-corrected chi connectivity index (χ3v) is 1.90. The molecule has 0 amide bonds. The van der Waals surface area contributed by atoms with Gasteiger partial charge in [-0.15, -0.1) is 0 Å². The van der Waals surface area contributed by atoms with Crippen molar-refractivity contribution in [1.82, 2.24) is 9.61 Å². The number of nitrogen functional groups attached to an aromatic ring is 1. The lowest BCUT2D eigenvalue weighted by Gasteiger charge is -1.97. The molecule has 3 N–H and O–H groups in total. The Balaban J connectivity index is 2.67. The number of aromatic nitrogens is 2. The fraction of sp³-hybridized carbons (Fsp3) is 0.111. The van der Waals surface area contributed by atoms with Gasteiger partial charge in [0.1, 0.15) is 5.84 Å². The van der Waals surface area contributed by atoms with Crippen molar-refractivity contribution < 1.29 is 0 Å². The third-order valence-electron chi connectivity index (χ3n) is 1.90. The second kappa shape index (κ2) is 2.58. The summed E-state index contributed by atoms with van der Waals surface area (Å²) in [4.78, 5) is 0. The lowest BCUT2D eigenvalue weighted by Crippen LogP contribution is -2.11. The van der Waals surface area contributed by atoms with E-state index >= 15 is 0 Å². The van der Waals surface area contributed by atoms with Crippen LogP contribution in [-0.2, 0) is 0 Å². The Kier molecular flexibility index (Phi) is 1.55. The van der Waals surface area contributed by atoms with Gasteiger partial charge in [-0.25, -0.2) is 4.52 Å². The van der Waals surface area contributed by atoms with E-state index in [9.17, 15) is 0 Å². The van der Waals surface area contributed by atoms with Crippen LogP contribution >= 0.6 is 0 Å². The van der Waals surface area contributed by atoms with E-state index in [1.807, 2.05) is 19.1 Å². The standard InChI is InChI=1S/C9H10N4/c1-6-4-8-5-7(9(10)11)2-3-13(8)12-6/h2-5H,1H3,(H3,10,11). The van der Waals surface area contributed by atoms with Crippen molar-refractivity contribution in [3.63, 3.8) is 0 Å². The van der Waals surface area contributed by atoms with Crippen LogP contribution in [0.5, 0.6) is 0 Å². The molecule has 2 aromatic rings. The molecule has 0 spiro atoms. The van der Waals surface area contributed by atoms with Crippen LogP contribution < -0.4 is 5.73 Å². The highest BCUT2D eigenvalue weighted by atomic mass is 15.2. The Labute approximate surface area is 75.5 Å². The molecule has 0 aromatic carbocycles. The van der Waals surface area contributed by atoms with Crippen molar-refractivity contribution in [3.8, 4) is 0 Å². The predicted molar refractivity (Wildman–Crippen MR) is 50.9 cm³/mol. The molecule has 0 fully saturated rings. The molecule has 0 aliphatic carbocycles. The summed E-state index contributed by atoms with van der Waals surface area (Å²) < 4.78 is 1.77. The molecule has 0 atom stereocenters. The molecule has 0 bridgehead atoms. The van der Waals surface area contributed by atoms with Crippen LogP contribution in [-0.4, -0.2) is 15.4 Å². The van der Waals surface area contributed by atoms with Gasteiger partial charge in [-0.3, -0.25) is 5.41 Å². The number of hydrogen-bond acceptors (Lipinski definition) is 2. The molecule has 0 saturated carbocycles. The number of nitrogens with two attached hydrogens (primary N) is 1. The van der Waals surface area contributed by atoms with Crippen molar-refractivity contribution >= 4 is 11.4 Å². The highest BCUT2D eigenvalue weighted by molar-refractivity contribution is 5.95. The summed E-state index contributed by atoms with van der Waals surface area (Å²) in [5, 5.41) is 11.5. The van der Waals surface area contributed by atoms with E-state index in [0.717, 1.165) is 16.8 Å². The molecule has 0 aliphatic heterocycles. The Hall–Kier alpha value is -1.84. The Morgan fingerprint density at radius 2 is 2.31 bits per heavy atom. The molecule has 0 saturated heterocycles. The van der Waals surface area contributed by atoms with Crippen LogP contribution in [0.4, 0.5) is 0 Å². The summed E-state index contributed by atoms with van der Waals surface area (Å²) in [6, 6.07) is 5.58. The minimum Gasteiger partial charge on any atom is -0.384 e. The Morgan fingerprint density at radius 3 is 3.00 bits per heavy atom. The van der Waals surface area contributed by atoms with Gasteiger partial charge < -0.3 is 5.73 Å². The maximum absolute atomic E-state index is 7.27. The maximum Gasteiger partial charge on any atom is 0.122 e. The van der Waals surface area contributed by atoms with Crippen molar-refractivity contribution in [2.24, 2.45) is 5.73 Å². The lowest BCUT2D eigenvalue weighted by molar-refractivity contribution is 0.933. The number of nitrogens with zero attached hydrogens (tertiary/aromatic N) is 2. The summed E-state index contributed by atoms with van der Waals surface area (Å²) in [6.07, 6.45) is 1.80. The predicted octanol–water partition coefficient (Wildman–Crippen LogP) is 0.927. The molecule has 4 heteroatoms. The maximum atomic E-state index is 7.27. The average Bonchev–Trinajstić information content (AvgIpc) is 2.42. The van der Waals surface area contributed by atoms with Crippen LogP contribution in [0.3, 0.4) is 0 Å². The topological polar surface area (TPSA) is 67.2 Å². The van der Waals surface area contributed by atoms with Gasteiger partial charge in [-0.1, -0.05) is 0 Å². The van der Waals surface area contributed by atoms with Gasteiger partial charge in [0, 0.05) is 11.8 Å². The van der Waals surface area contributed by atoms with E-state index in [1.54, 1.807) is 16.8 Å². The van der Waals surface area contributed by atoms with Gasteiger partial charge in [-0.2, -0.15) is 5.10 Å². The van der Waals surface area contributed by atoms with E-state index in [-0.39, 0.29) is 5.84 Å². The molecule has 2 aromatic heterocycles. The van der Waals surface area contributed by atoms with E-state index in [4.69, 9.17) is 11.1 Å². The van der Waals surface area contributed by atoms with E-state index < -0.39 is 0 Å². The van der Waals surface area contributed by atoms with Crippen LogP contribution in [0.2, 0.25) is 0 Å². The lowest BCUT2D eigenvalue weighted by atomic mass is 10.2. The van der Waals surface area contributed by atoms with Crippen molar-refractivity contribution in [1.29, 1.82) is 5.41 Å². The second-order valence-corrected chi connectivity index (χ2v) is 2.98. The first-order valence-electron chi connectivity index (χ1n) is 3.97. The first-order valence-corrected chi connectivity index (χ1v) is 3.97. The van der Waals surface area contributed by atoms with Crippen LogP contribution in [0.25, 0.3) is 5.52 Å². The second-order valence-electron chi connectivity index (χ2n) is 2.98. The minimum atomic E-state index is 0.0846. The molecule has 0 aliphatic rings. The third kappa shape index (κ3) is 1.26. The fourth-order valence-electron chi connectivity index (χ4n) is 1.29. The Bertz CT molecular complexity index is 469. The van der Waals surface area contributed by atoms with Crippen molar-refractivity contribution in [2.75, 3.05) is 0 Å². The SMILES string of the molecule is Cc1cc2cc(C(=N)N)ccn2n1. The van der Waals surface area contributed by atoms with Gasteiger partial charge in [0.25, 0.3) is 0 Å². The van der Waals surface area contributed by atoms with Gasteiger partial charge >= 0.3 is 0 Å². The Morgan fingerprint density at radius 1 is 1.54 bits per heavy atom. The van der Waals surface area contributed by atoms with Gasteiger partial charge in [0.05, 0.1) is 11.2 Å². The summed E-state index contributed by atoms with van der Waals surface area (Å²) in [5.41, 5.74) is 8.02. The number of hydrogen-bond donors (Lipinski definition) is 2. The van der Waals surface area contributed by atoms with E-state index in [2.05, 4.69) is 5.10 Å². The van der Waals surface area contributed by atoms with Crippen LogP contribution in [0.15, 0.2) is 24.4 Å². The zero-order chi connectivity index (χ0) is 9.42. The number of fused-ring (bicyclic) bond motifs is 1. The van der Waals surface area contributed by atoms with E-state index in [1.165, 1.54) is 0 Å². The molecule has 66 valence electrons. The van der Waals surface area contributed by atoms with E-state index in [0.29, 0.717) is 0 Å². The van der Waals surface area contributed by atoms with Crippen LogP contribution in [0, 0.1) is 12.3 Å². The van der Waals surface area contributed by atoms with Gasteiger partial charge in [0.15, 0.2) is 0 Å². The summed E-state index contributed by atoms with van der Waals surface area (Å²) in [6.45, 7) is 1.93. The molecular weight excluding hydrogens is 164 g/mol. The highest BCUT2D eigenvalue weighted by Gasteiger charge is 2.00. The highest BCUT2D eigenvalue weighted by Crippen LogP contribution is 2.08. The normalized spacial score (nSPS) is 10.5. The molecule has 0 radical (unpaired) electrons. The first kappa shape index (κ1) is 7.79. The molecule has 2 rings (SSSR count). The quantitative estimate of drug-likeness (QED) is 0.498. The molecule has 4 nitrogen and oxygen atoms in total. The average molecular weight is 174 g/mol. The zero-order valence-corrected chi connectivity index (χ0v) is 7.28. The fourth-order valence-corrected chi connectivity index (χ4v) is 1.29. The summed E-state index contributed by atoms with van der Waals surface area (Å²) in [7, 11) is 0. The monoisotopic (exact) mass is 174 g/mol. The van der Waals surface area contributed by atoms with Gasteiger partial charge in [-0.05, 0) is 25.1 Å². The van der Waals surface area contributed by atoms with Crippen LogP contribution in [0.1, 0.15) is 11.3 Å². The van der Waals surface area contributed by atoms with Gasteiger partial charge in [0.2, 0.25) is 0 Å². The molecular formula is C9H10N4.